The lowest BCUT2D eigenvalue weighted by molar-refractivity contribution is 0.0917. The van der Waals surface area contributed by atoms with E-state index in [2.05, 4.69) is 10.3 Å². The first-order valence-corrected chi connectivity index (χ1v) is 6.63. The molecule has 2 aromatic rings. The minimum atomic E-state index is -0.228. The number of hydrogen-bond acceptors (Lipinski definition) is 4. The van der Waals surface area contributed by atoms with Gasteiger partial charge in [0.2, 0.25) is 0 Å². The molecule has 0 aliphatic heterocycles. The van der Waals surface area contributed by atoms with Crippen LogP contribution in [0.2, 0.25) is 5.02 Å². The van der Waals surface area contributed by atoms with Crippen molar-refractivity contribution in [3.05, 3.63) is 53.2 Å². The van der Waals surface area contributed by atoms with Crippen molar-refractivity contribution in [2.24, 2.45) is 0 Å². The van der Waals surface area contributed by atoms with Crippen LogP contribution in [0, 0.1) is 0 Å². The number of aromatic nitrogens is 1. The van der Waals surface area contributed by atoms with E-state index in [1.807, 2.05) is 12.1 Å². The molecule has 0 atom stereocenters. The molecule has 20 heavy (non-hydrogen) atoms. The van der Waals surface area contributed by atoms with Crippen molar-refractivity contribution in [3.8, 4) is 0 Å². The number of rotatable bonds is 7. The molecule has 0 saturated carbocycles. The summed E-state index contributed by atoms with van der Waals surface area (Å²) in [5.74, 6) is 0.560. The second kappa shape index (κ2) is 7.67. The lowest BCUT2D eigenvalue weighted by Gasteiger charge is -2.06. The third-order valence-corrected chi connectivity index (χ3v) is 2.92. The zero-order valence-corrected chi connectivity index (χ0v) is 11.6. The molecule has 0 aromatic carbocycles. The second-order valence-corrected chi connectivity index (χ2v) is 4.50. The molecule has 6 heteroatoms. The predicted octanol–water partition coefficient (Wildman–Crippen LogP) is 2.66. The molecule has 0 aliphatic carbocycles. The first-order chi connectivity index (χ1) is 9.77. The van der Waals surface area contributed by atoms with Gasteiger partial charge in [-0.25, -0.2) is 0 Å². The van der Waals surface area contributed by atoms with Crippen LogP contribution in [0.15, 0.2) is 41.3 Å². The Morgan fingerprint density at radius 2 is 2.35 bits per heavy atom. The van der Waals surface area contributed by atoms with E-state index in [-0.39, 0.29) is 5.91 Å². The van der Waals surface area contributed by atoms with Crippen LogP contribution in [0.4, 0.5) is 0 Å². The summed E-state index contributed by atoms with van der Waals surface area (Å²) < 4.78 is 10.5. The molecule has 0 fully saturated rings. The van der Waals surface area contributed by atoms with Gasteiger partial charge in [0, 0.05) is 25.5 Å². The zero-order chi connectivity index (χ0) is 14.2. The van der Waals surface area contributed by atoms with Crippen LogP contribution in [-0.4, -0.2) is 24.0 Å². The Bertz CT molecular complexity index is 543. The van der Waals surface area contributed by atoms with Crippen LogP contribution in [0.5, 0.6) is 0 Å². The minimum Gasteiger partial charge on any atom is -0.467 e. The summed E-state index contributed by atoms with van der Waals surface area (Å²) >= 11 is 5.90. The van der Waals surface area contributed by atoms with E-state index in [1.54, 1.807) is 18.5 Å². The molecule has 106 valence electrons. The lowest BCUT2D eigenvalue weighted by Crippen LogP contribution is -2.25. The molecular weight excluding hydrogens is 280 g/mol. The topological polar surface area (TPSA) is 64.4 Å². The van der Waals surface area contributed by atoms with E-state index < -0.39 is 0 Å². The number of amides is 1. The van der Waals surface area contributed by atoms with Gasteiger partial charge in [-0.1, -0.05) is 11.6 Å². The largest absolute Gasteiger partial charge is 0.467 e. The number of halogens is 1. The fraction of sp³-hybridized carbons (Fsp3) is 0.286. The molecule has 0 unspecified atom stereocenters. The Morgan fingerprint density at radius 1 is 1.45 bits per heavy atom. The molecule has 2 rings (SSSR count). The summed E-state index contributed by atoms with van der Waals surface area (Å²) in [5.41, 5.74) is 0.380. The van der Waals surface area contributed by atoms with Gasteiger partial charge in [-0.05, 0) is 24.6 Å². The van der Waals surface area contributed by atoms with E-state index in [4.69, 9.17) is 20.8 Å². The molecule has 0 bridgehead atoms. The normalized spacial score (nSPS) is 10.4. The second-order valence-electron chi connectivity index (χ2n) is 4.10. The van der Waals surface area contributed by atoms with Gasteiger partial charge in [-0.15, -0.1) is 0 Å². The molecule has 0 saturated heterocycles. The Morgan fingerprint density at radius 3 is 3.10 bits per heavy atom. The summed E-state index contributed by atoms with van der Waals surface area (Å²) in [6.45, 7) is 1.50. The van der Waals surface area contributed by atoms with E-state index >= 15 is 0 Å². The number of nitrogens with one attached hydrogen (secondary N) is 1. The van der Waals surface area contributed by atoms with Crippen LogP contribution in [0.3, 0.4) is 0 Å². The third-order valence-electron chi connectivity index (χ3n) is 2.59. The molecule has 2 aromatic heterocycles. The first-order valence-electron chi connectivity index (χ1n) is 6.25. The average Bonchev–Trinajstić information content (AvgIpc) is 2.96. The molecule has 0 aliphatic rings. The van der Waals surface area contributed by atoms with Gasteiger partial charge in [0.15, 0.2) is 0 Å². The molecule has 0 radical (unpaired) electrons. The predicted molar refractivity (Wildman–Crippen MR) is 74.6 cm³/mol. The highest BCUT2D eigenvalue weighted by atomic mass is 35.5. The Labute approximate surface area is 121 Å². The van der Waals surface area contributed by atoms with Crippen LogP contribution in [-0.2, 0) is 11.3 Å². The Hall–Kier alpha value is -1.85. The summed E-state index contributed by atoms with van der Waals surface area (Å²) in [6.07, 6.45) is 5.31. The molecular formula is C14H15ClN2O3. The third kappa shape index (κ3) is 4.36. The monoisotopic (exact) mass is 294 g/mol. The van der Waals surface area contributed by atoms with Crippen molar-refractivity contribution in [1.82, 2.24) is 10.3 Å². The molecule has 0 spiro atoms. The maximum atomic E-state index is 11.8. The van der Waals surface area contributed by atoms with Crippen molar-refractivity contribution in [3.63, 3.8) is 0 Å². The average molecular weight is 295 g/mol. The number of ether oxygens (including phenoxy) is 1. The van der Waals surface area contributed by atoms with Gasteiger partial charge in [-0.2, -0.15) is 0 Å². The molecule has 2 heterocycles. The van der Waals surface area contributed by atoms with Crippen molar-refractivity contribution >= 4 is 17.5 Å². The van der Waals surface area contributed by atoms with Crippen LogP contribution in [0.25, 0.3) is 0 Å². The van der Waals surface area contributed by atoms with Gasteiger partial charge in [0.1, 0.15) is 12.4 Å². The highest BCUT2D eigenvalue weighted by Gasteiger charge is 2.08. The fourth-order valence-corrected chi connectivity index (χ4v) is 1.77. The Kier molecular flexibility index (Phi) is 5.58. The smallest absolute Gasteiger partial charge is 0.254 e. The Balaban J connectivity index is 1.61. The number of pyridine rings is 1. The quantitative estimate of drug-likeness (QED) is 0.797. The highest BCUT2D eigenvalue weighted by Crippen LogP contribution is 2.12. The maximum absolute atomic E-state index is 11.8. The van der Waals surface area contributed by atoms with Crippen molar-refractivity contribution in [2.45, 2.75) is 13.0 Å². The summed E-state index contributed by atoms with van der Waals surface area (Å²) in [7, 11) is 0. The SMILES string of the molecule is O=C(NCCCOCc1ccco1)c1cnccc1Cl. The van der Waals surface area contributed by atoms with E-state index in [0.29, 0.717) is 36.8 Å². The summed E-state index contributed by atoms with van der Waals surface area (Å²) in [4.78, 5) is 15.7. The highest BCUT2D eigenvalue weighted by molar-refractivity contribution is 6.33. The van der Waals surface area contributed by atoms with Gasteiger partial charge >= 0.3 is 0 Å². The van der Waals surface area contributed by atoms with Crippen molar-refractivity contribution in [2.75, 3.05) is 13.2 Å². The molecule has 1 amide bonds. The minimum absolute atomic E-state index is 0.228. The van der Waals surface area contributed by atoms with Crippen LogP contribution < -0.4 is 5.32 Å². The fourth-order valence-electron chi connectivity index (χ4n) is 1.58. The van der Waals surface area contributed by atoms with Crippen LogP contribution in [0.1, 0.15) is 22.5 Å². The van der Waals surface area contributed by atoms with Crippen molar-refractivity contribution < 1.29 is 13.9 Å². The first kappa shape index (κ1) is 14.6. The van der Waals surface area contributed by atoms with Gasteiger partial charge < -0.3 is 14.5 Å². The maximum Gasteiger partial charge on any atom is 0.254 e. The number of nitrogens with zero attached hydrogens (tertiary/aromatic N) is 1. The number of hydrogen-bond donors (Lipinski definition) is 1. The van der Waals surface area contributed by atoms with Gasteiger partial charge in [0.25, 0.3) is 5.91 Å². The van der Waals surface area contributed by atoms with Gasteiger partial charge in [-0.3, -0.25) is 9.78 Å². The number of carbonyl (C=O) groups excluding carboxylic acids is 1. The lowest BCUT2D eigenvalue weighted by atomic mass is 10.2. The van der Waals surface area contributed by atoms with Crippen molar-refractivity contribution in [1.29, 1.82) is 0 Å². The number of carbonyl (C=O) groups is 1. The zero-order valence-electron chi connectivity index (χ0n) is 10.8. The molecule has 1 N–H and O–H groups in total. The molecule has 5 nitrogen and oxygen atoms in total. The number of furan rings is 1. The van der Waals surface area contributed by atoms with Gasteiger partial charge in [0.05, 0.1) is 16.8 Å². The van der Waals surface area contributed by atoms with E-state index in [9.17, 15) is 4.79 Å². The van der Waals surface area contributed by atoms with Crippen LogP contribution >= 0.6 is 11.6 Å². The van der Waals surface area contributed by atoms with E-state index in [0.717, 1.165) is 5.76 Å². The summed E-state index contributed by atoms with van der Waals surface area (Å²) in [6, 6.07) is 5.26. The summed E-state index contributed by atoms with van der Waals surface area (Å²) in [5, 5.41) is 3.16. The standard InChI is InChI=1S/C14H15ClN2O3/c15-13-4-6-16-9-12(13)14(18)17-5-2-7-19-10-11-3-1-8-20-11/h1,3-4,6,8-9H,2,5,7,10H2,(H,17,18). The van der Waals surface area contributed by atoms with E-state index in [1.165, 1.54) is 6.20 Å².